The third-order valence-corrected chi connectivity index (χ3v) is 2.91. The quantitative estimate of drug-likeness (QED) is 0.412. The van der Waals surface area contributed by atoms with Crippen LogP contribution in [0.1, 0.15) is 0 Å². The van der Waals surface area contributed by atoms with Crippen molar-refractivity contribution in [1.82, 2.24) is 20.2 Å². The van der Waals surface area contributed by atoms with Gasteiger partial charge in [0.05, 0.1) is 17.3 Å². The van der Waals surface area contributed by atoms with Crippen molar-refractivity contribution in [2.75, 3.05) is 10.7 Å². The molecular formula is C9H9N7S. The lowest BCUT2D eigenvalue weighted by Gasteiger charge is -2.06. The topological polar surface area (TPSA) is 105 Å². The highest BCUT2D eigenvalue weighted by Gasteiger charge is 2.09. The SMILES string of the molecule is NNc1nc(Nc2ccsc2)c2cn[nH]c2n1. The smallest absolute Gasteiger partial charge is 0.241 e. The fourth-order valence-corrected chi connectivity index (χ4v) is 2.05. The average Bonchev–Trinajstić information content (AvgIpc) is 2.98. The summed E-state index contributed by atoms with van der Waals surface area (Å²) in [7, 11) is 0. The standard InChI is InChI=1S/C9H9N7S/c10-15-9-13-7(12-5-1-2-17-4-5)6-3-11-16-8(6)14-9/h1-4H,10H2,(H3,11,12,13,14,15,16). The van der Waals surface area contributed by atoms with Crippen molar-refractivity contribution in [2.45, 2.75) is 0 Å². The summed E-state index contributed by atoms with van der Waals surface area (Å²) in [5.74, 6) is 6.31. The predicted octanol–water partition coefficient (Wildman–Crippen LogP) is 1.44. The molecule has 7 nitrogen and oxygen atoms in total. The van der Waals surface area contributed by atoms with Gasteiger partial charge in [-0.15, -0.1) is 0 Å². The molecule has 3 rings (SSSR count). The fraction of sp³-hybridized carbons (Fsp3) is 0. The van der Waals surface area contributed by atoms with Gasteiger partial charge < -0.3 is 5.32 Å². The lowest BCUT2D eigenvalue weighted by Crippen LogP contribution is -2.11. The molecule has 3 aromatic rings. The van der Waals surface area contributed by atoms with Crippen molar-refractivity contribution < 1.29 is 0 Å². The van der Waals surface area contributed by atoms with Crippen LogP contribution in [0.4, 0.5) is 17.5 Å². The van der Waals surface area contributed by atoms with Crippen LogP contribution in [0.5, 0.6) is 0 Å². The molecule has 0 spiro atoms. The van der Waals surface area contributed by atoms with Crippen LogP contribution in [0.2, 0.25) is 0 Å². The summed E-state index contributed by atoms with van der Waals surface area (Å²) in [4.78, 5) is 8.39. The van der Waals surface area contributed by atoms with E-state index in [0.29, 0.717) is 17.4 Å². The van der Waals surface area contributed by atoms with Crippen LogP contribution < -0.4 is 16.6 Å². The molecule has 0 aliphatic carbocycles. The maximum atomic E-state index is 5.32. The van der Waals surface area contributed by atoms with Gasteiger partial charge in [-0.05, 0) is 11.4 Å². The monoisotopic (exact) mass is 247 g/mol. The van der Waals surface area contributed by atoms with E-state index in [1.165, 1.54) is 0 Å². The number of hydrogen-bond donors (Lipinski definition) is 4. The molecule has 3 aromatic heterocycles. The van der Waals surface area contributed by atoms with Crippen LogP contribution >= 0.6 is 11.3 Å². The van der Waals surface area contributed by atoms with Crippen molar-refractivity contribution in [3.63, 3.8) is 0 Å². The third kappa shape index (κ3) is 1.79. The summed E-state index contributed by atoms with van der Waals surface area (Å²) in [6, 6.07) is 1.97. The number of nitrogens with zero attached hydrogens (tertiary/aromatic N) is 3. The van der Waals surface area contributed by atoms with Gasteiger partial charge in [0.25, 0.3) is 0 Å². The second-order valence-electron chi connectivity index (χ2n) is 3.31. The van der Waals surface area contributed by atoms with Gasteiger partial charge >= 0.3 is 0 Å². The first-order chi connectivity index (χ1) is 8.36. The van der Waals surface area contributed by atoms with Crippen molar-refractivity contribution in [3.8, 4) is 0 Å². The number of hydrazine groups is 1. The van der Waals surface area contributed by atoms with Crippen LogP contribution in [0, 0.1) is 0 Å². The van der Waals surface area contributed by atoms with E-state index >= 15 is 0 Å². The van der Waals surface area contributed by atoms with E-state index in [2.05, 4.69) is 30.9 Å². The molecule has 3 heterocycles. The third-order valence-electron chi connectivity index (χ3n) is 2.22. The summed E-state index contributed by atoms with van der Waals surface area (Å²) in [6.07, 6.45) is 1.67. The maximum absolute atomic E-state index is 5.32. The largest absolute Gasteiger partial charge is 0.339 e. The Balaban J connectivity index is 2.10. The first-order valence-electron chi connectivity index (χ1n) is 4.84. The van der Waals surface area contributed by atoms with Gasteiger partial charge in [0, 0.05) is 5.38 Å². The van der Waals surface area contributed by atoms with E-state index in [1.54, 1.807) is 17.5 Å². The molecule has 0 fully saturated rings. The molecule has 0 bridgehead atoms. The highest BCUT2D eigenvalue weighted by Crippen LogP contribution is 2.24. The van der Waals surface area contributed by atoms with Crippen molar-refractivity contribution >= 4 is 39.8 Å². The Hall–Kier alpha value is -2.19. The van der Waals surface area contributed by atoms with Gasteiger partial charge in [-0.1, -0.05) is 0 Å². The number of rotatable bonds is 3. The Morgan fingerprint density at radius 3 is 3.06 bits per heavy atom. The number of aromatic amines is 1. The van der Waals surface area contributed by atoms with E-state index in [9.17, 15) is 0 Å². The summed E-state index contributed by atoms with van der Waals surface area (Å²) < 4.78 is 0. The Kier molecular flexibility index (Phi) is 2.35. The fourth-order valence-electron chi connectivity index (χ4n) is 1.47. The molecule has 17 heavy (non-hydrogen) atoms. The van der Waals surface area contributed by atoms with Gasteiger partial charge in [-0.3, -0.25) is 10.5 Å². The molecule has 0 aromatic carbocycles. The number of thiophene rings is 1. The molecule has 8 heteroatoms. The van der Waals surface area contributed by atoms with E-state index < -0.39 is 0 Å². The molecule has 0 aliphatic rings. The Labute approximate surface area is 100 Å². The van der Waals surface area contributed by atoms with Gasteiger partial charge in [-0.25, -0.2) is 5.84 Å². The average molecular weight is 247 g/mol. The lowest BCUT2D eigenvalue weighted by atomic mass is 10.4. The molecular weight excluding hydrogens is 238 g/mol. The molecule has 0 atom stereocenters. The first-order valence-corrected chi connectivity index (χ1v) is 5.78. The molecule has 0 amide bonds. The van der Waals surface area contributed by atoms with E-state index in [-0.39, 0.29) is 0 Å². The number of H-pyrrole nitrogens is 1. The number of nitrogens with two attached hydrogens (primary N) is 1. The molecule has 0 saturated carbocycles. The molecule has 5 N–H and O–H groups in total. The second-order valence-corrected chi connectivity index (χ2v) is 4.09. The highest BCUT2D eigenvalue weighted by atomic mass is 32.1. The summed E-state index contributed by atoms with van der Waals surface area (Å²) in [5.41, 5.74) is 4.02. The summed E-state index contributed by atoms with van der Waals surface area (Å²) in [5, 5.41) is 14.7. The highest BCUT2D eigenvalue weighted by molar-refractivity contribution is 7.08. The maximum Gasteiger partial charge on any atom is 0.241 e. The number of nitrogen functional groups attached to an aromatic ring is 1. The zero-order chi connectivity index (χ0) is 11.7. The molecule has 0 saturated heterocycles. The van der Waals surface area contributed by atoms with Gasteiger partial charge in [0.2, 0.25) is 5.95 Å². The normalized spacial score (nSPS) is 10.6. The van der Waals surface area contributed by atoms with Crippen LogP contribution in [0.25, 0.3) is 11.0 Å². The Bertz CT molecular complexity index is 630. The first kappa shape index (κ1) is 10.00. The van der Waals surface area contributed by atoms with E-state index in [0.717, 1.165) is 11.1 Å². The Morgan fingerprint density at radius 1 is 1.35 bits per heavy atom. The predicted molar refractivity (Wildman–Crippen MR) is 67.1 cm³/mol. The Morgan fingerprint density at radius 2 is 2.29 bits per heavy atom. The minimum Gasteiger partial charge on any atom is -0.339 e. The van der Waals surface area contributed by atoms with E-state index in [4.69, 9.17) is 5.84 Å². The molecule has 0 radical (unpaired) electrons. The molecule has 0 aliphatic heterocycles. The van der Waals surface area contributed by atoms with Crippen molar-refractivity contribution in [1.29, 1.82) is 0 Å². The minimum atomic E-state index is 0.333. The van der Waals surface area contributed by atoms with Crippen molar-refractivity contribution in [2.24, 2.45) is 5.84 Å². The summed E-state index contributed by atoms with van der Waals surface area (Å²) in [6.45, 7) is 0. The van der Waals surface area contributed by atoms with E-state index in [1.807, 2.05) is 16.8 Å². The van der Waals surface area contributed by atoms with Gasteiger partial charge in [0.15, 0.2) is 5.65 Å². The zero-order valence-electron chi connectivity index (χ0n) is 8.64. The molecule has 0 unspecified atom stereocenters. The van der Waals surface area contributed by atoms with Crippen LogP contribution in [-0.4, -0.2) is 20.2 Å². The van der Waals surface area contributed by atoms with Gasteiger partial charge in [-0.2, -0.15) is 26.4 Å². The number of aromatic nitrogens is 4. The lowest BCUT2D eigenvalue weighted by molar-refractivity contribution is 1.08. The number of fused-ring (bicyclic) bond motifs is 1. The van der Waals surface area contributed by atoms with Crippen LogP contribution in [-0.2, 0) is 0 Å². The minimum absolute atomic E-state index is 0.333. The number of anilines is 3. The van der Waals surface area contributed by atoms with Gasteiger partial charge in [0.1, 0.15) is 5.82 Å². The molecule has 86 valence electrons. The van der Waals surface area contributed by atoms with Crippen LogP contribution in [0.15, 0.2) is 23.0 Å². The second kappa shape index (κ2) is 4.00. The number of hydrogen-bond acceptors (Lipinski definition) is 7. The zero-order valence-corrected chi connectivity index (χ0v) is 9.45. The van der Waals surface area contributed by atoms with Crippen LogP contribution in [0.3, 0.4) is 0 Å². The summed E-state index contributed by atoms with van der Waals surface area (Å²) >= 11 is 1.61. The number of nitrogens with one attached hydrogen (secondary N) is 3. The van der Waals surface area contributed by atoms with Crippen molar-refractivity contribution in [3.05, 3.63) is 23.0 Å².